The van der Waals surface area contributed by atoms with Gasteiger partial charge in [-0.15, -0.1) is 0 Å². The Morgan fingerprint density at radius 3 is 1.45 bits per heavy atom. The first-order chi connectivity index (χ1) is 26.6. The van der Waals surface area contributed by atoms with Gasteiger partial charge in [-0.3, -0.25) is 0 Å². The fourth-order valence-corrected chi connectivity index (χ4v) is 27.4. The molecule has 4 amide bonds. The Labute approximate surface area is 330 Å². The van der Waals surface area contributed by atoms with Gasteiger partial charge >= 0.3 is 325 Å². The maximum absolute atomic E-state index is 14.8. The molecule has 0 saturated carbocycles. The minimum absolute atomic E-state index is 0.150. The zero-order valence-electron chi connectivity index (χ0n) is 34.0. The molecule has 3 heterocycles. The summed E-state index contributed by atoms with van der Waals surface area (Å²) in [6.45, 7) is 14.3. The average Bonchev–Trinajstić information content (AvgIpc) is 3.46. The van der Waals surface area contributed by atoms with E-state index in [0.717, 1.165) is 99.0 Å². The van der Waals surface area contributed by atoms with Gasteiger partial charge in [0.05, 0.1) is 0 Å². The van der Waals surface area contributed by atoms with E-state index in [0.29, 0.717) is 47.2 Å². The molecule has 3 aliphatic rings. The maximum atomic E-state index is 14.8. The molecule has 0 radical (unpaired) electrons. The van der Waals surface area contributed by atoms with Crippen LogP contribution >= 0.6 is 0 Å². The second-order valence-corrected chi connectivity index (χ2v) is 29.5. The average molecular weight is 846 g/mol. The number of imide groups is 2. The second kappa shape index (κ2) is 15.1. The number of rotatable bonds is 18. The van der Waals surface area contributed by atoms with E-state index < -0.39 is 18.4 Å². The summed E-state index contributed by atoms with van der Waals surface area (Å²) in [7, 11) is 0. The van der Waals surface area contributed by atoms with Crippen molar-refractivity contribution >= 4 is 92.3 Å². The molecule has 3 aliphatic heterocycles. The minimum atomic E-state index is -3.65. The summed E-state index contributed by atoms with van der Waals surface area (Å²) in [5, 5.41) is 8.13. The molecule has 0 fully saturated rings. The first kappa shape index (κ1) is 38.4. The molecule has 8 rings (SSSR count). The molecular weight excluding hydrogens is 787 g/mol. The summed E-state index contributed by atoms with van der Waals surface area (Å²) < 4.78 is 4.98. The fourth-order valence-electron chi connectivity index (χ4n) is 10.8. The number of benzene rings is 5. The molecule has 0 aliphatic carbocycles. The topological polar surface area (TPSA) is 74.8 Å². The van der Waals surface area contributed by atoms with Crippen LogP contribution in [0.5, 0.6) is 0 Å². The standard InChI is InChI=1S/C40H40N2O4.2C4H9.Sn/c1-5-10-24(6-2)12-7-8-21-41-37(43)29-17-13-25-27-15-19-31-36-32(40(46)42(39(31)45)22-9-11-23(3)4)20-16-28(34(27)36)26-14-18-30(38(41)44)35(29)33(25)26;2*1-3-4-2;/h13,15,17-20,23-24H,5-12,21-22H2,1-4H3;2*1,3-4H2,2H3;. The molecule has 55 heavy (non-hydrogen) atoms. The van der Waals surface area contributed by atoms with Gasteiger partial charge in [-0.25, -0.2) is 0 Å². The Bertz CT molecular complexity index is 2370. The van der Waals surface area contributed by atoms with Gasteiger partial charge in [0.2, 0.25) is 0 Å². The van der Waals surface area contributed by atoms with Gasteiger partial charge < -0.3 is 0 Å². The van der Waals surface area contributed by atoms with E-state index in [2.05, 4.69) is 65.8 Å². The molecule has 1 atom stereocenters. The number of unbranched alkanes of at least 4 members (excludes halogenated alkanes) is 3. The van der Waals surface area contributed by atoms with Crippen LogP contribution in [0.3, 0.4) is 0 Å². The van der Waals surface area contributed by atoms with Crippen molar-refractivity contribution in [2.24, 2.45) is 11.8 Å². The van der Waals surface area contributed by atoms with E-state index in [-0.39, 0.29) is 23.6 Å². The summed E-state index contributed by atoms with van der Waals surface area (Å²) in [4.78, 5) is 61.0. The number of carbonyl (C=O) groups is 4. The third kappa shape index (κ3) is 5.84. The number of amides is 4. The number of fused-ring (bicyclic) bond motifs is 1. The number of hydrogen-bond acceptors (Lipinski definition) is 4. The molecule has 5 aromatic carbocycles. The zero-order valence-corrected chi connectivity index (χ0v) is 36.8. The molecule has 0 saturated heterocycles. The third-order valence-corrected chi connectivity index (χ3v) is 28.7. The molecule has 0 N–H and O–H groups in total. The zero-order chi connectivity index (χ0) is 38.8. The van der Waals surface area contributed by atoms with Crippen LogP contribution in [0.25, 0.3) is 43.1 Å². The Morgan fingerprint density at radius 2 is 1.00 bits per heavy atom. The second-order valence-electron chi connectivity index (χ2n) is 17.4. The van der Waals surface area contributed by atoms with E-state index in [1.807, 2.05) is 12.1 Å². The summed E-state index contributed by atoms with van der Waals surface area (Å²) in [5.41, 5.74) is 2.61. The van der Waals surface area contributed by atoms with Crippen LogP contribution < -0.4 is 7.16 Å². The van der Waals surface area contributed by atoms with Gasteiger partial charge in [-0.05, 0) is 0 Å². The van der Waals surface area contributed by atoms with Crippen molar-refractivity contribution < 1.29 is 19.2 Å². The molecule has 5 aromatic rings. The van der Waals surface area contributed by atoms with Crippen molar-refractivity contribution in [3.8, 4) is 0 Å². The van der Waals surface area contributed by atoms with Crippen LogP contribution in [0.4, 0.5) is 0 Å². The van der Waals surface area contributed by atoms with Crippen molar-refractivity contribution in [1.29, 1.82) is 0 Å². The Balaban J connectivity index is 1.35. The van der Waals surface area contributed by atoms with Gasteiger partial charge in [-0.2, -0.15) is 0 Å². The van der Waals surface area contributed by atoms with Crippen molar-refractivity contribution in [3.05, 3.63) is 58.7 Å². The molecule has 0 bridgehead atoms. The van der Waals surface area contributed by atoms with Gasteiger partial charge in [0.15, 0.2) is 0 Å². The summed E-state index contributed by atoms with van der Waals surface area (Å²) >= 11 is -3.65. The first-order valence-corrected chi connectivity index (χ1v) is 28.5. The predicted octanol–water partition coefficient (Wildman–Crippen LogP) is 10.8. The Hall–Kier alpha value is -3.52. The summed E-state index contributed by atoms with van der Waals surface area (Å²) in [6.07, 6.45) is 12.7. The van der Waals surface area contributed by atoms with Crippen molar-refractivity contribution in [2.45, 2.75) is 127 Å². The molecule has 6 nitrogen and oxygen atoms in total. The Kier molecular flexibility index (Phi) is 10.5. The molecule has 0 spiro atoms. The molecule has 7 heteroatoms. The van der Waals surface area contributed by atoms with E-state index in [1.165, 1.54) is 42.1 Å². The predicted molar refractivity (Wildman–Crippen MR) is 229 cm³/mol. The van der Waals surface area contributed by atoms with Gasteiger partial charge in [0.1, 0.15) is 0 Å². The van der Waals surface area contributed by atoms with E-state index in [4.69, 9.17) is 0 Å². The van der Waals surface area contributed by atoms with E-state index >= 15 is 0 Å². The number of nitrogens with zero attached hydrogens (tertiary/aromatic N) is 2. The van der Waals surface area contributed by atoms with E-state index in [1.54, 1.807) is 4.90 Å². The summed E-state index contributed by atoms with van der Waals surface area (Å²) in [6, 6.07) is 12.6. The van der Waals surface area contributed by atoms with Crippen LogP contribution in [0, 0.1) is 11.8 Å². The van der Waals surface area contributed by atoms with Crippen molar-refractivity contribution in [3.63, 3.8) is 0 Å². The number of hydrogen-bond donors (Lipinski definition) is 0. The molecule has 1 unspecified atom stereocenters. The first-order valence-electron chi connectivity index (χ1n) is 21.6. The van der Waals surface area contributed by atoms with Crippen molar-refractivity contribution in [1.82, 2.24) is 9.80 Å². The normalized spacial score (nSPS) is 16.6. The van der Waals surface area contributed by atoms with Gasteiger partial charge in [-0.1, -0.05) is 6.92 Å². The molecular formula is C48H58N2O4Sn. The van der Waals surface area contributed by atoms with Gasteiger partial charge in [0, 0.05) is 0 Å². The van der Waals surface area contributed by atoms with Crippen LogP contribution in [-0.4, -0.2) is 64.9 Å². The van der Waals surface area contributed by atoms with Crippen LogP contribution in [-0.2, 0) is 0 Å². The quantitative estimate of drug-likeness (QED) is 0.0289. The SMILES string of the molecule is CCC[CH2][Sn]1([CH2]CCC)[c]2cc3c4c(ccc5c6ccc7c8c(c[c]1c(c2c45)c86)C(=O)N(CCCC(C)C)C7=O)C(=O)N(CCCCC(CC)CCC)C3=O. The van der Waals surface area contributed by atoms with Gasteiger partial charge in [0.25, 0.3) is 0 Å². The summed E-state index contributed by atoms with van der Waals surface area (Å²) in [5.74, 6) is 0.508. The monoisotopic (exact) mass is 846 g/mol. The molecule has 288 valence electrons. The fraction of sp³-hybridized carbons (Fsp3) is 0.500. The van der Waals surface area contributed by atoms with Crippen LogP contribution in [0.15, 0.2) is 36.4 Å². The van der Waals surface area contributed by atoms with Crippen molar-refractivity contribution in [2.75, 3.05) is 13.1 Å². The Morgan fingerprint density at radius 1 is 0.509 bits per heavy atom. The van der Waals surface area contributed by atoms with Crippen LogP contribution in [0.1, 0.15) is 160 Å². The van der Waals surface area contributed by atoms with Crippen LogP contribution in [0.2, 0.25) is 8.87 Å². The molecule has 0 aromatic heterocycles. The third-order valence-electron chi connectivity index (χ3n) is 13.6. The number of carbonyl (C=O) groups excluding carboxylic acids is 4. The van der Waals surface area contributed by atoms with E-state index in [9.17, 15) is 19.2 Å².